The van der Waals surface area contributed by atoms with Crippen LogP contribution in [0.25, 0.3) is 10.9 Å². The maximum absolute atomic E-state index is 13.4. The SMILES string of the molecule is O=CC[C@H](NC(=O)Cc1c[nH]c2ccccc12)c1cccc(F)c1. The van der Waals surface area contributed by atoms with Gasteiger partial charge < -0.3 is 15.1 Å². The number of hydrogen-bond acceptors (Lipinski definition) is 2. The Labute approximate surface area is 138 Å². The quantitative estimate of drug-likeness (QED) is 0.684. The van der Waals surface area contributed by atoms with E-state index in [2.05, 4.69) is 10.3 Å². The highest BCUT2D eigenvalue weighted by Crippen LogP contribution is 2.20. The molecule has 1 amide bonds. The van der Waals surface area contributed by atoms with Crippen molar-refractivity contribution in [2.24, 2.45) is 0 Å². The number of nitrogens with one attached hydrogen (secondary N) is 2. The number of amides is 1. The van der Waals surface area contributed by atoms with Crippen LogP contribution in [0, 0.1) is 5.82 Å². The van der Waals surface area contributed by atoms with Crippen molar-refractivity contribution in [2.75, 3.05) is 0 Å². The van der Waals surface area contributed by atoms with Crippen LogP contribution in [0.5, 0.6) is 0 Å². The number of fused-ring (bicyclic) bond motifs is 1. The average Bonchev–Trinajstić information content (AvgIpc) is 2.98. The lowest BCUT2D eigenvalue weighted by molar-refractivity contribution is -0.121. The van der Waals surface area contributed by atoms with Crippen LogP contribution >= 0.6 is 0 Å². The minimum absolute atomic E-state index is 0.100. The monoisotopic (exact) mass is 324 g/mol. The minimum Gasteiger partial charge on any atom is -0.361 e. The first-order chi connectivity index (χ1) is 11.7. The van der Waals surface area contributed by atoms with E-state index in [1.807, 2.05) is 24.3 Å². The molecule has 4 nitrogen and oxygen atoms in total. The summed E-state index contributed by atoms with van der Waals surface area (Å²) in [6, 6.07) is 13.1. The smallest absolute Gasteiger partial charge is 0.224 e. The summed E-state index contributed by atoms with van der Waals surface area (Å²) in [5.41, 5.74) is 2.43. The highest BCUT2D eigenvalue weighted by Gasteiger charge is 2.16. The van der Waals surface area contributed by atoms with Crippen LogP contribution in [-0.2, 0) is 16.0 Å². The van der Waals surface area contributed by atoms with Crippen molar-refractivity contribution in [3.8, 4) is 0 Å². The van der Waals surface area contributed by atoms with E-state index in [0.29, 0.717) is 5.56 Å². The van der Waals surface area contributed by atoms with Crippen LogP contribution in [0.15, 0.2) is 54.7 Å². The molecular formula is C19H17FN2O2. The summed E-state index contributed by atoms with van der Waals surface area (Å²) in [5.74, 6) is -0.606. The third kappa shape index (κ3) is 3.51. The average molecular weight is 324 g/mol. The second-order valence-electron chi connectivity index (χ2n) is 5.61. The van der Waals surface area contributed by atoms with Gasteiger partial charge >= 0.3 is 0 Å². The number of aromatic nitrogens is 1. The number of para-hydroxylation sites is 1. The van der Waals surface area contributed by atoms with E-state index in [9.17, 15) is 14.0 Å². The molecule has 1 aromatic heterocycles. The van der Waals surface area contributed by atoms with E-state index in [-0.39, 0.29) is 18.7 Å². The largest absolute Gasteiger partial charge is 0.361 e. The van der Waals surface area contributed by atoms with Gasteiger partial charge in [-0.3, -0.25) is 4.79 Å². The normalized spacial score (nSPS) is 12.0. The van der Waals surface area contributed by atoms with Gasteiger partial charge in [0.15, 0.2) is 0 Å². The molecule has 2 N–H and O–H groups in total. The van der Waals surface area contributed by atoms with Crippen molar-refractivity contribution in [3.63, 3.8) is 0 Å². The third-order valence-corrected chi connectivity index (χ3v) is 3.94. The number of carbonyl (C=O) groups excluding carboxylic acids is 2. The van der Waals surface area contributed by atoms with Crippen molar-refractivity contribution in [1.29, 1.82) is 0 Å². The second kappa shape index (κ2) is 7.08. The number of halogens is 1. The van der Waals surface area contributed by atoms with Gasteiger partial charge in [-0.25, -0.2) is 4.39 Å². The van der Waals surface area contributed by atoms with Crippen LogP contribution in [0.2, 0.25) is 0 Å². The summed E-state index contributed by atoms with van der Waals surface area (Å²) in [6.45, 7) is 0. The molecule has 0 aliphatic carbocycles. The predicted octanol–water partition coefficient (Wildman–Crippen LogP) is 3.30. The Bertz CT molecular complexity index is 872. The maximum Gasteiger partial charge on any atom is 0.224 e. The van der Waals surface area contributed by atoms with Gasteiger partial charge in [0.2, 0.25) is 5.91 Å². The number of rotatable bonds is 6. The summed E-state index contributed by atoms with van der Waals surface area (Å²) in [5, 5.41) is 3.80. The van der Waals surface area contributed by atoms with Gasteiger partial charge in [0.1, 0.15) is 12.1 Å². The van der Waals surface area contributed by atoms with Crippen molar-refractivity contribution < 1.29 is 14.0 Å². The number of hydrogen-bond donors (Lipinski definition) is 2. The van der Waals surface area contributed by atoms with Gasteiger partial charge in [0.25, 0.3) is 0 Å². The van der Waals surface area contributed by atoms with Gasteiger partial charge in [0, 0.05) is 23.5 Å². The fourth-order valence-electron chi connectivity index (χ4n) is 2.79. The summed E-state index contributed by atoms with van der Waals surface area (Å²) in [4.78, 5) is 26.4. The zero-order valence-corrected chi connectivity index (χ0v) is 13.0. The molecule has 0 saturated carbocycles. The Kier molecular flexibility index (Phi) is 4.70. The topological polar surface area (TPSA) is 62.0 Å². The molecule has 0 aliphatic heterocycles. The van der Waals surface area contributed by atoms with Crippen LogP contribution in [0.3, 0.4) is 0 Å². The highest BCUT2D eigenvalue weighted by molar-refractivity contribution is 5.89. The molecule has 3 aromatic rings. The maximum atomic E-state index is 13.4. The molecule has 0 unspecified atom stereocenters. The van der Waals surface area contributed by atoms with Crippen LogP contribution in [-0.4, -0.2) is 17.2 Å². The number of aldehydes is 1. The first-order valence-corrected chi connectivity index (χ1v) is 7.71. The fraction of sp³-hybridized carbons (Fsp3) is 0.158. The first kappa shape index (κ1) is 15.9. The number of H-pyrrole nitrogens is 1. The standard InChI is InChI=1S/C19H17FN2O2/c20-15-5-3-4-13(10-15)17(8-9-23)22-19(24)11-14-12-21-18-7-2-1-6-16(14)18/h1-7,9-10,12,17,21H,8,11H2,(H,22,24)/t17-/m0/s1. The Morgan fingerprint density at radius 1 is 1.21 bits per heavy atom. The van der Waals surface area contributed by atoms with Crippen LogP contribution in [0.1, 0.15) is 23.6 Å². The molecule has 0 fully saturated rings. The van der Waals surface area contributed by atoms with Crippen molar-refractivity contribution in [1.82, 2.24) is 10.3 Å². The lowest BCUT2D eigenvalue weighted by atomic mass is 10.0. The lowest BCUT2D eigenvalue weighted by Crippen LogP contribution is -2.30. The van der Waals surface area contributed by atoms with E-state index < -0.39 is 11.9 Å². The van der Waals surface area contributed by atoms with Crippen LogP contribution < -0.4 is 5.32 Å². The lowest BCUT2D eigenvalue weighted by Gasteiger charge is -2.17. The molecule has 0 spiro atoms. The first-order valence-electron chi connectivity index (χ1n) is 7.71. The second-order valence-corrected chi connectivity index (χ2v) is 5.61. The number of aromatic amines is 1. The Hall–Kier alpha value is -2.95. The highest BCUT2D eigenvalue weighted by atomic mass is 19.1. The molecule has 5 heteroatoms. The Morgan fingerprint density at radius 3 is 2.83 bits per heavy atom. The van der Waals surface area contributed by atoms with Crippen molar-refractivity contribution in [2.45, 2.75) is 18.9 Å². The van der Waals surface area contributed by atoms with Crippen molar-refractivity contribution in [3.05, 3.63) is 71.7 Å². The zero-order valence-electron chi connectivity index (χ0n) is 13.0. The number of carbonyl (C=O) groups is 2. The molecule has 24 heavy (non-hydrogen) atoms. The van der Waals surface area contributed by atoms with E-state index in [1.54, 1.807) is 18.3 Å². The zero-order chi connectivity index (χ0) is 16.9. The summed E-state index contributed by atoms with van der Waals surface area (Å²) in [7, 11) is 0. The Balaban J connectivity index is 1.75. The molecule has 1 atom stereocenters. The molecule has 122 valence electrons. The molecule has 1 heterocycles. The van der Waals surface area contributed by atoms with Gasteiger partial charge in [0.05, 0.1) is 12.5 Å². The van der Waals surface area contributed by atoms with E-state index in [0.717, 1.165) is 22.8 Å². The molecular weight excluding hydrogens is 307 g/mol. The fourth-order valence-corrected chi connectivity index (χ4v) is 2.79. The molecule has 3 rings (SSSR count). The predicted molar refractivity (Wildman–Crippen MR) is 90.0 cm³/mol. The van der Waals surface area contributed by atoms with E-state index >= 15 is 0 Å². The van der Waals surface area contributed by atoms with Crippen LogP contribution in [0.4, 0.5) is 4.39 Å². The Morgan fingerprint density at radius 2 is 2.04 bits per heavy atom. The molecule has 0 saturated heterocycles. The van der Waals surface area contributed by atoms with Crippen molar-refractivity contribution >= 4 is 23.1 Å². The van der Waals surface area contributed by atoms with E-state index in [4.69, 9.17) is 0 Å². The summed E-state index contributed by atoms with van der Waals surface area (Å²) in [6.07, 6.45) is 2.82. The van der Waals surface area contributed by atoms with Gasteiger partial charge in [-0.05, 0) is 29.3 Å². The molecule has 0 bridgehead atoms. The summed E-state index contributed by atoms with van der Waals surface area (Å²) >= 11 is 0. The van der Waals surface area contributed by atoms with Gasteiger partial charge in [-0.15, -0.1) is 0 Å². The third-order valence-electron chi connectivity index (χ3n) is 3.94. The van der Waals surface area contributed by atoms with E-state index in [1.165, 1.54) is 12.1 Å². The molecule has 2 aromatic carbocycles. The minimum atomic E-state index is -0.532. The molecule has 0 radical (unpaired) electrons. The van der Waals surface area contributed by atoms with Gasteiger partial charge in [-0.2, -0.15) is 0 Å². The summed E-state index contributed by atoms with van der Waals surface area (Å²) < 4.78 is 13.4. The molecule has 0 aliphatic rings. The number of benzene rings is 2. The van der Waals surface area contributed by atoms with Gasteiger partial charge in [-0.1, -0.05) is 30.3 Å².